The second-order valence-corrected chi connectivity index (χ2v) is 3.14. The molecular weight excluding hydrogens is 138 g/mol. The van der Waals surface area contributed by atoms with Crippen LogP contribution in [0.3, 0.4) is 0 Å². The average Bonchev–Trinajstić information content (AvgIpc) is 2.34. The van der Waals surface area contributed by atoms with Gasteiger partial charge in [0.15, 0.2) is 0 Å². The molecule has 0 aromatic carbocycles. The number of nitrogens with zero attached hydrogens (tertiary/aromatic N) is 2. The van der Waals surface area contributed by atoms with Crippen LogP contribution in [0.2, 0.25) is 0 Å². The van der Waals surface area contributed by atoms with E-state index in [2.05, 4.69) is 24.0 Å². The molecule has 1 rings (SSSR count). The lowest BCUT2D eigenvalue weighted by Crippen LogP contribution is -2.29. The Morgan fingerprint density at radius 3 is 2.91 bits per heavy atom. The van der Waals surface area contributed by atoms with Crippen LogP contribution in [0.1, 0.15) is 32.6 Å². The smallest absolute Gasteiger partial charge is 0.124 e. The lowest BCUT2D eigenvalue weighted by atomic mass is 10.1. The predicted molar refractivity (Wildman–Crippen MR) is 47.3 cm³/mol. The molecule has 0 amide bonds. The van der Waals surface area contributed by atoms with Gasteiger partial charge in [0.2, 0.25) is 0 Å². The van der Waals surface area contributed by atoms with Gasteiger partial charge < -0.3 is 10.7 Å². The van der Waals surface area contributed by atoms with Crippen molar-refractivity contribution in [1.29, 1.82) is 0 Å². The maximum Gasteiger partial charge on any atom is 0.124 e. The molecule has 1 heterocycles. The standard InChI is InChI=1S/C8H17N3/c1-3-4-7-5-6-8(10-9)11(7)2/h7H,3-6,9H2,1-2H3. The molecule has 64 valence electrons. The minimum Gasteiger partial charge on any atom is -0.359 e. The van der Waals surface area contributed by atoms with Crippen molar-refractivity contribution >= 4 is 5.84 Å². The number of hydrazone groups is 1. The Balaban J connectivity index is 2.49. The van der Waals surface area contributed by atoms with E-state index in [9.17, 15) is 0 Å². The fourth-order valence-electron chi connectivity index (χ4n) is 1.70. The minimum atomic E-state index is 0.683. The van der Waals surface area contributed by atoms with E-state index in [0.717, 1.165) is 12.3 Å². The Morgan fingerprint density at radius 2 is 2.45 bits per heavy atom. The first-order chi connectivity index (χ1) is 5.29. The Morgan fingerprint density at radius 1 is 1.73 bits per heavy atom. The van der Waals surface area contributed by atoms with Gasteiger partial charge in [0, 0.05) is 19.5 Å². The second kappa shape index (κ2) is 3.60. The lowest BCUT2D eigenvalue weighted by Gasteiger charge is -2.20. The van der Waals surface area contributed by atoms with Crippen LogP contribution in [-0.4, -0.2) is 23.8 Å². The number of hydrogen-bond donors (Lipinski definition) is 1. The zero-order valence-corrected chi connectivity index (χ0v) is 7.38. The molecule has 11 heavy (non-hydrogen) atoms. The summed E-state index contributed by atoms with van der Waals surface area (Å²) in [6.45, 7) is 2.21. The summed E-state index contributed by atoms with van der Waals surface area (Å²) in [5.41, 5.74) is 0. The Hall–Kier alpha value is -0.730. The third kappa shape index (κ3) is 1.64. The third-order valence-corrected chi connectivity index (χ3v) is 2.43. The largest absolute Gasteiger partial charge is 0.359 e. The van der Waals surface area contributed by atoms with Crippen LogP contribution in [0, 0.1) is 0 Å². The van der Waals surface area contributed by atoms with Gasteiger partial charge in [0.05, 0.1) is 0 Å². The van der Waals surface area contributed by atoms with Gasteiger partial charge >= 0.3 is 0 Å². The van der Waals surface area contributed by atoms with E-state index in [1.165, 1.54) is 19.3 Å². The highest BCUT2D eigenvalue weighted by atomic mass is 15.3. The summed E-state index contributed by atoms with van der Waals surface area (Å²) in [7, 11) is 2.08. The average molecular weight is 155 g/mol. The highest BCUT2D eigenvalue weighted by Crippen LogP contribution is 2.20. The molecule has 2 N–H and O–H groups in total. The predicted octanol–water partition coefficient (Wildman–Crippen LogP) is 1.15. The van der Waals surface area contributed by atoms with Crippen LogP contribution in [0.4, 0.5) is 0 Å². The molecule has 1 saturated heterocycles. The fourth-order valence-corrected chi connectivity index (χ4v) is 1.70. The molecule has 1 aliphatic rings. The summed E-state index contributed by atoms with van der Waals surface area (Å²) in [6.07, 6.45) is 4.78. The second-order valence-electron chi connectivity index (χ2n) is 3.14. The number of nitrogens with two attached hydrogens (primary N) is 1. The van der Waals surface area contributed by atoms with Crippen molar-refractivity contribution < 1.29 is 0 Å². The van der Waals surface area contributed by atoms with Gasteiger partial charge in [-0.25, -0.2) is 0 Å². The van der Waals surface area contributed by atoms with Gasteiger partial charge in [-0.3, -0.25) is 0 Å². The number of hydrogen-bond acceptors (Lipinski definition) is 2. The van der Waals surface area contributed by atoms with E-state index in [0.29, 0.717) is 6.04 Å². The van der Waals surface area contributed by atoms with Crippen LogP contribution in [-0.2, 0) is 0 Å². The molecule has 1 aliphatic heterocycles. The number of likely N-dealkylation sites (tertiary alicyclic amines) is 1. The number of rotatable bonds is 2. The van der Waals surface area contributed by atoms with Crippen molar-refractivity contribution in [1.82, 2.24) is 4.90 Å². The molecule has 3 nitrogen and oxygen atoms in total. The molecule has 0 aliphatic carbocycles. The molecule has 0 aromatic rings. The molecule has 0 bridgehead atoms. The van der Waals surface area contributed by atoms with E-state index in [-0.39, 0.29) is 0 Å². The number of amidine groups is 1. The molecular formula is C8H17N3. The molecule has 1 atom stereocenters. The van der Waals surface area contributed by atoms with Crippen LogP contribution in [0.15, 0.2) is 5.10 Å². The maximum atomic E-state index is 5.23. The normalized spacial score (nSPS) is 28.4. The van der Waals surface area contributed by atoms with Gasteiger partial charge in [-0.2, -0.15) is 5.10 Å². The molecule has 0 aromatic heterocycles. The minimum absolute atomic E-state index is 0.683. The van der Waals surface area contributed by atoms with Crippen LogP contribution in [0.25, 0.3) is 0 Å². The quantitative estimate of drug-likeness (QED) is 0.480. The Labute approximate surface area is 68.3 Å². The van der Waals surface area contributed by atoms with E-state index >= 15 is 0 Å². The van der Waals surface area contributed by atoms with Crippen LogP contribution < -0.4 is 5.84 Å². The summed E-state index contributed by atoms with van der Waals surface area (Å²) in [5, 5.41) is 3.74. The van der Waals surface area contributed by atoms with Gasteiger partial charge in [0.25, 0.3) is 0 Å². The summed E-state index contributed by atoms with van der Waals surface area (Å²) in [5.74, 6) is 6.29. The van der Waals surface area contributed by atoms with E-state index in [1.54, 1.807) is 0 Å². The lowest BCUT2D eigenvalue weighted by molar-refractivity contribution is 0.369. The summed E-state index contributed by atoms with van der Waals surface area (Å²) in [4.78, 5) is 2.21. The van der Waals surface area contributed by atoms with Gasteiger partial charge in [-0.05, 0) is 12.8 Å². The Bertz CT molecular complexity index is 153. The van der Waals surface area contributed by atoms with Crippen LogP contribution >= 0.6 is 0 Å². The van der Waals surface area contributed by atoms with Gasteiger partial charge in [-0.1, -0.05) is 13.3 Å². The first-order valence-corrected chi connectivity index (χ1v) is 4.29. The zero-order chi connectivity index (χ0) is 8.27. The SMILES string of the molecule is CCCC1CCC(=NN)N1C. The first kappa shape index (κ1) is 8.37. The first-order valence-electron chi connectivity index (χ1n) is 4.29. The molecule has 0 saturated carbocycles. The maximum absolute atomic E-state index is 5.23. The van der Waals surface area contributed by atoms with Gasteiger partial charge in [-0.15, -0.1) is 0 Å². The highest BCUT2D eigenvalue weighted by molar-refractivity contribution is 5.84. The van der Waals surface area contributed by atoms with Gasteiger partial charge in [0.1, 0.15) is 5.84 Å². The summed E-state index contributed by atoms with van der Waals surface area (Å²) < 4.78 is 0. The van der Waals surface area contributed by atoms with Crippen molar-refractivity contribution in [2.24, 2.45) is 10.9 Å². The highest BCUT2D eigenvalue weighted by Gasteiger charge is 2.24. The third-order valence-electron chi connectivity index (χ3n) is 2.43. The zero-order valence-electron chi connectivity index (χ0n) is 7.38. The van der Waals surface area contributed by atoms with Crippen molar-refractivity contribution in [2.45, 2.75) is 38.6 Å². The molecule has 1 unspecified atom stereocenters. The van der Waals surface area contributed by atoms with E-state index in [1.807, 2.05) is 0 Å². The monoisotopic (exact) mass is 155 g/mol. The Kier molecular flexibility index (Phi) is 2.74. The van der Waals surface area contributed by atoms with Crippen molar-refractivity contribution in [3.05, 3.63) is 0 Å². The fraction of sp³-hybridized carbons (Fsp3) is 0.875. The van der Waals surface area contributed by atoms with E-state index < -0.39 is 0 Å². The van der Waals surface area contributed by atoms with Crippen LogP contribution in [0.5, 0.6) is 0 Å². The summed E-state index contributed by atoms with van der Waals surface area (Å²) >= 11 is 0. The van der Waals surface area contributed by atoms with E-state index in [4.69, 9.17) is 5.84 Å². The molecule has 0 spiro atoms. The molecule has 3 heteroatoms. The summed E-state index contributed by atoms with van der Waals surface area (Å²) in [6, 6.07) is 0.683. The van der Waals surface area contributed by atoms with Crippen molar-refractivity contribution in [2.75, 3.05) is 7.05 Å². The topological polar surface area (TPSA) is 41.6 Å². The molecule has 1 fully saturated rings. The molecule has 0 radical (unpaired) electrons. The van der Waals surface area contributed by atoms with Crippen molar-refractivity contribution in [3.8, 4) is 0 Å². The van der Waals surface area contributed by atoms with Crippen molar-refractivity contribution in [3.63, 3.8) is 0 Å².